The highest BCUT2D eigenvalue weighted by atomic mass is 35.5. The van der Waals surface area contributed by atoms with Crippen LogP contribution in [0.2, 0.25) is 10.0 Å². The Labute approximate surface area is 134 Å². The topological polar surface area (TPSA) is 55.4 Å². The zero-order chi connectivity index (χ0) is 16.0. The van der Waals surface area contributed by atoms with Gasteiger partial charge in [-0.3, -0.25) is 4.79 Å². The summed E-state index contributed by atoms with van der Waals surface area (Å²) in [5.74, 6) is -0.949. The lowest BCUT2D eigenvalue weighted by Crippen LogP contribution is -2.44. The lowest BCUT2D eigenvalue weighted by Gasteiger charge is -2.18. The normalized spacial score (nSPS) is 12.5. The average Bonchev–Trinajstić information content (AvgIpc) is 2.42. The predicted molar refractivity (Wildman–Crippen MR) is 84.3 cm³/mol. The highest BCUT2D eigenvalue weighted by Crippen LogP contribution is 2.21. The number of rotatable bonds is 5. The van der Waals surface area contributed by atoms with Crippen LogP contribution in [-0.2, 0) is 14.3 Å². The smallest absolute Gasteiger partial charge is 0.328 e. The third kappa shape index (κ3) is 5.40. The van der Waals surface area contributed by atoms with E-state index in [4.69, 9.17) is 23.2 Å². The van der Waals surface area contributed by atoms with Crippen molar-refractivity contribution in [2.45, 2.75) is 19.9 Å². The molecule has 0 fully saturated rings. The number of carbonyl (C=O) groups excluding carboxylic acids is 2. The van der Waals surface area contributed by atoms with Crippen molar-refractivity contribution in [2.75, 3.05) is 7.11 Å². The summed E-state index contributed by atoms with van der Waals surface area (Å²) in [4.78, 5) is 23.4. The molecular formula is C15H17Cl2NO3. The third-order valence-electron chi connectivity index (χ3n) is 2.80. The SMILES string of the molecule is COC(=O)C(NC(=O)/C=C/c1ccc(Cl)cc1Cl)C(C)C. The molecule has 0 heterocycles. The van der Waals surface area contributed by atoms with Crippen molar-refractivity contribution < 1.29 is 14.3 Å². The first-order valence-electron chi connectivity index (χ1n) is 6.36. The van der Waals surface area contributed by atoms with E-state index in [-0.39, 0.29) is 5.92 Å². The van der Waals surface area contributed by atoms with Crippen LogP contribution in [0.15, 0.2) is 24.3 Å². The zero-order valence-corrected chi connectivity index (χ0v) is 13.5. The molecule has 0 saturated heterocycles. The molecule has 1 unspecified atom stereocenters. The van der Waals surface area contributed by atoms with E-state index in [1.165, 1.54) is 13.2 Å². The number of benzene rings is 1. The number of hydrogen-bond acceptors (Lipinski definition) is 3. The fourth-order valence-corrected chi connectivity index (χ4v) is 2.10. The second-order valence-electron chi connectivity index (χ2n) is 4.75. The van der Waals surface area contributed by atoms with Gasteiger partial charge in [-0.1, -0.05) is 43.1 Å². The van der Waals surface area contributed by atoms with Gasteiger partial charge in [-0.2, -0.15) is 0 Å². The maximum Gasteiger partial charge on any atom is 0.328 e. The van der Waals surface area contributed by atoms with Gasteiger partial charge in [0.1, 0.15) is 6.04 Å². The standard InChI is InChI=1S/C15H17Cl2NO3/c1-9(2)14(15(20)21-3)18-13(19)7-5-10-4-6-11(16)8-12(10)17/h4-9,14H,1-3H3,(H,18,19)/b7-5+. The molecule has 1 N–H and O–H groups in total. The summed E-state index contributed by atoms with van der Waals surface area (Å²) in [7, 11) is 1.28. The quantitative estimate of drug-likeness (QED) is 0.666. The second kappa shape index (κ2) is 8.05. The summed E-state index contributed by atoms with van der Waals surface area (Å²) in [5, 5.41) is 3.56. The Hall–Kier alpha value is -1.52. The van der Waals surface area contributed by atoms with Gasteiger partial charge in [-0.05, 0) is 29.7 Å². The van der Waals surface area contributed by atoms with Gasteiger partial charge in [-0.25, -0.2) is 4.79 Å². The number of hydrogen-bond donors (Lipinski definition) is 1. The van der Waals surface area contributed by atoms with Crippen molar-refractivity contribution >= 4 is 41.2 Å². The second-order valence-corrected chi connectivity index (χ2v) is 5.60. The molecule has 0 radical (unpaired) electrons. The summed E-state index contributed by atoms with van der Waals surface area (Å²) in [5.41, 5.74) is 0.662. The van der Waals surface area contributed by atoms with Crippen molar-refractivity contribution in [1.29, 1.82) is 0 Å². The lowest BCUT2D eigenvalue weighted by molar-refractivity contribution is -0.145. The number of methoxy groups -OCH3 is 1. The molecule has 1 atom stereocenters. The van der Waals surface area contributed by atoms with E-state index >= 15 is 0 Å². The van der Waals surface area contributed by atoms with E-state index in [1.54, 1.807) is 24.3 Å². The molecule has 21 heavy (non-hydrogen) atoms. The Kier molecular flexibility index (Phi) is 6.72. The first kappa shape index (κ1) is 17.5. The van der Waals surface area contributed by atoms with Gasteiger partial charge >= 0.3 is 5.97 Å². The van der Waals surface area contributed by atoms with E-state index in [1.807, 2.05) is 13.8 Å². The number of amides is 1. The maximum absolute atomic E-state index is 11.9. The molecule has 0 aliphatic heterocycles. The monoisotopic (exact) mass is 329 g/mol. The highest BCUT2D eigenvalue weighted by Gasteiger charge is 2.23. The van der Waals surface area contributed by atoms with Crippen LogP contribution in [0.25, 0.3) is 6.08 Å². The molecule has 114 valence electrons. The van der Waals surface area contributed by atoms with E-state index in [2.05, 4.69) is 10.1 Å². The predicted octanol–water partition coefficient (Wildman–Crippen LogP) is 3.32. The maximum atomic E-state index is 11.9. The fourth-order valence-electron chi connectivity index (χ4n) is 1.63. The molecule has 0 aliphatic rings. The first-order chi connectivity index (χ1) is 9.85. The van der Waals surface area contributed by atoms with Crippen LogP contribution in [0.1, 0.15) is 19.4 Å². The minimum Gasteiger partial charge on any atom is -0.467 e. The lowest BCUT2D eigenvalue weighted by atomic mass is 10.0. The Morgan fingerprint density at radius 2 is 1.95 bits per heavy atom. The molecule has 4 nitrogen and oxygen atoms in total. The van der Waals surface area contributed by atoms with Crippen LogP contribution in [0, 0.1) is 5.92 Å². The van der Waals surface area contributed by atoms with Gasteiger partial charge in [0.2, 0.25) is 5.91 Å². The zero-order valence-electron chi connectivity index (χ0n) is 12.0. The van der Waals surface area contributed by atoms with E-state index < -0.39 is 17.9 Å². The molecule has 0 aliphatic carbocycles. The van der Waals surface area contributed by atoms with Gasteiger partial charge in [0, 0.05) is 16.1 Å². The van der Waals surface area contributed by atoms with Crippen molar-refractivity contribution in [3.8, 4) is 0 Å². The molecule has 1 aromatic carbocycles. The molecular weight excluding hydrogens is 313 g/mol. The number of halogens is 2. The number of esters is 1. The van der Waals surface area contributed by atoms with Crippen molar-refractivity contribution in [3.05, 3.63) is 39.9 Å². The Morgan fingerprint density at radius 1 is 1.29 bits per heavy atom. The van der Waals surface area contributed by atoms with Crippen molar-refractivity contribution in [3.63, 3.8) is 0 Å². The third-order valence-corrected chi connectivity index (χ3v) is 3.36. The molecule has 1 rings (SSSR count). The molecule has 0 saturated carbocycles. The van der Waals surface area contributed by atoms with Crippen molar-refractivity contribution in [2.24, 2.45) is 5.92 Å². The van der Waals surface area contributed by atoms with Crippen LogP contribution < -0.4 is 5.32 Å². The van der Waals surface area contributed by atoms with Gasteiger partial charge in [0.15, 0.2) is 0 Å². The minimum atomic E-state index is -0.687. The summed E-state index contributed by atoms with van der Waals surface area (Å²) >= 11 is 11.8. The van der Waals surface area contributed by atoms with Crippen LogP contribution in [-0.4, -0.2) is 25.0 Å². The Balaban J connectivity index is 2.76. The Morgan fingerprint density at radius 3 is 2.48 bits per heavy atom. The first-order valence-corrected chi connectivity index (χ1v) is 7.12. The molecule has 1 amide bonds. The summed E-state index contributed by atoms with van der Waals surface area (Å²) < 4.78 is 4.66. The number of carbonyl (C=O) groups is 2. The van der Waals surface area contributed by atoms with E-state index in [9.17, 15) is 9.59 Å². The van der Waals surface area contributed by atoms with Gasteiger partial charge in [0.05, 0.1) is 7.11 Å². The molecule has 1 aromatic rings. The van der Waals surface area contributed by atoms with Gasteiger partial charge in [0.25, 0.3) is 0 Å². The molecule has 0 aromatic heterocycles. The fraction of sp³-hybridized carbons (Fsp3) is 0.333. The number of ether oxygens (including phenoxy) is 1. The van der Waals surface area contributed by atoms with E-state index in [0.29, 0.717) is 15.6 Å². The highest BCUT2D eigenvalue weighted by molar-refractivity contribution is 6.35. The molecule has 0 bridgehead atoms. The average molecular weight is 330 g/mol. The van der Waals surface area contributed by atoms with Crippen LogP contribution in [0.5, 0.6) is 0 Å². The van der Waals surface area contributed by atoms with Crippen LogP contribution in [0.3, 0.4) is 0 Å². The molecule has 0 spiro atoms. The minimum absolute atomic E-state index is 0.0751. The van der Waals surface area contributed by atoms with Crippen molar-refractivity contribution in [1.82, 2.24) is 5.32 Å². The van der Waals surface area contributed by atoms with Gasteiger partial charge in [-0.15, -0.1) is 0 Å². The van der Waals surface area contributed by atoms with E-state index in [0.717, 1.165) is 0 Å². The Bertz CT molecular complexity index is 556. The largest absolute Gasteiger partial charge is 0.467 e. The summed E-state index contributed by atoms with van der Waals surface area (Å²) in [6.07, 6.45) is 2.87. The van der Waals surface area contributed by atoms with Crippen LogP contribution in [0.4, 0.5) is 0 Å². The van der Waals surface area contributed by atoms with Crippen LogP contribution >= 0.6 is 23.2 Å². The summed E-state index contributed by atoms with van der Waals surface area (Å²) in [6.45, 7) is 3.64. The summed E-state index contributed by atoms with van der Waals surface area (Å²) in [6, 6.07) is 4.28. The number of nitrogens with one attached hydrogen (secondary N) is 1. The molecule has 6 heteroatoms. The van der Waals surface area contributed by atoms with Gasteiger partial charge < -0.3 is 10.1 Å².